The molecule has 2 fully saturated rings. The summed E-state index contributed by atoms with van der Waals surface area (Å²) in [7, 11) is 1.64. The van der Waals surface area contributed by atoms with E-state index >= 15 is 0 Å². The second-order valence-corrected chi connectivity index (χ2v) is 6.30. The van der Waals surface area contributed by atoms with Crippen molar-refractivity contribution in [2.75, 3.05) is 19.5 Å². The predicted octanol–water partition coefficient (Wildman–Crippen LogP) is 1.08. The van der Waals surface area contributed by atoms with Crippen molar-refractivity contribution < 1.29 is 18.9 Å². The van der Waals surface area contributed by atoms with E-state index in [1.807, 2.05) is 30.7 Å². The fourth-order valence-electron chi connectivity index (χ4n) is 3.38. The van der Waals surface area contributed by atoms with Crippen LogP contribution in [0.1, 0.15) is 20.1 Å². The van der Waals surface area contributed by atoms with Gasteiger partial charge in [0.15, 0.2) is 12.0 Å². The van der Waals surface area contributed by atoms with Crippen molar-refractivity contribution in [3.05, 3.63) is 18.6 Å². The van der Waals surface area contributed by atoms with E-state index in [9.17, 15) is 0 Å². The molecule has 4 rings (SSSR count). The third-order valence-corrected chi connectivity index (χ3v) is 4.27. The first-order valence-electron chi connectivity index (χ1n) is 7.57. The van der Waals surface area contributed by atoms with Crippen LogP contribution >= 0.6 is 0 Å². The first-order valence-corrected chi connectivity index (χ1v) is 7.57. The Balaban J connectivity index is 1.74. The molecule has 2 aromatic rings. The summed E-state index contributed by atoms with van der Waals surface area (Å²) in [5, 5.41) is 0.793. The van der Waals surface area contributed by atoms with Crippen LogP contribution in [0.2, 0.25) is 0 Å². The van der Waals surface area contributed by atoms with Gasteiger partial charge in [0.25, 0.3) is 0 Å². The second-order valence-electron chi connectivity index (χ2n) is 6.30. The molecule has 2 aliphatic rings. The maximum Gasteiger partial charge on any atom is 0.164 e. The summed E-state index contributed by atoms with van der Waals surface area (Å²) in [6, 6.07) is 1.88. The van der Waals surface area contributed by atoms with Crippen molar-refractivity contribution in [3.63, 3.8) is 0 Å². The van der Waals surface area contributed by atoms with Crippen LogP contribution in [0.15, 0.2) is 18.6 Å². The molecule has 2 saturated heterocycles. The fourth-order valence-corrected chi connectivity index (χ4v) is 3.38. The van der Waals surface area contributed by atoms with Crippen LogP contribution in [0, 0.1) is 0 Å². The number of ether oxygens (including phenoxy) is 4. The number of nitrogens with zero attached hydrogens (tertiary/aromatic N) is 3. The number of methoxy groups -OCH3 is 1. The van der Waals surface area contributed by atoms with Gasteiger partial charge < -0.3 is 29.2 Å². The molecule has 23 heavy (non-hydrogen) atoms. The number of rotatable bonds is 3. The van der Waals surface area contributed by atoms with Gasteiger partial charge in [0.2, 0.25) is 0 Å². The van der Waals surface area contributed by atoms with Gasteiger partial charge in [0.1, 0.15) is 36.1 Å². The van der Waals surface area contributed by atoms with Crippen molar-refractivity contribution in [3.8, 4) is 0 Å². The Labute approximate surface area is 133 Å². The van der Waals surface area contributed by atoms with Gasteiger partial charge in [-0.25, -0.2) is 9.97 Å². The minimum atomic E-state index is -0.652. The lowest BCUT2D eigenvalue weighted by atomic mass is 10.1. The van der Waals surface area contributed by atoms with Gasteiger partial charge >= 0.3 is 0 Å². The lowest BCUT2D eigenvalue weighted by Gasteiger charge is -2.24. The van der Waals surface area contributed by atoms with Crippen LogP contribution < -0.4 is 5.73 Å². The minimum absolute atomic E-state index is 0.188. The average molecular weight is 320 g/mol. The molecular formula is C15H20N4O4. The summed E-state index contributed by atoms with van der Waals surface area (Å²) < 4.78 is 25.4. The van der Waals surface area contributed by atoms with Crippen molar-refractivity contribution in [1.29, 1.82) is 0 Å². The Kier molecular flexibility index (Phi) is 3.31. The number of nitrogen functional groups attached to an aromatic ring is 1. The highest BCUT2D eigenvalue weighted by Gasteiger charge is 2.56. The molecule has 0 radical (unpaired) electrons. The third kappa shape index (κ3) is 2.29. The van der Waals surface area contributed by atoms with Crippen LogP contribution in [0.5, 0.6) is 0 Å². The van der Waals surface area contributed by atoms with E-state index in [-0.39, 0.29) is 24.5 Å². The van der Waals surface area contributed by atoms with E-state index in [0.717, 1.165) is 5.39 Å². The summed E-state index contributed by atoms with van der Waals surface area (Å²) in [5.74, 6) is -0.207. The van der Waals surface area contributed by atoms with Crippen LogP contribution in [0.4, 0.5) is 5.82 Å². The fraction of sp³-hybridized carbons (Fsp3) is 0.600. The third-order valence-electron chi connectivity index (χ3n) is 4.27. The molecule has 0 aromatic carbocycles. The second kappa shape index (κ2) is 5.13. The molecule has 8 heteroatoms. The van der Waals surface area contributed by atoms with E-state index < -0.39 is 5.79 Å². The zero-order valence-corrected chi connectivity index (χ0v) is 13.3. The number of fused-ring (bicyclic) bond motifs is 2. The molecule has 4 heterocycles. The molecule has 0 aliphatic carbocycles. The van der Waals surface area contributed by atoms with Crippen molar-refractivity contribution in [2.45, 2.75) is 44.2 Å². The number of hydrogen-bond donors (Lipinski definition) is 1. The van der Waals surface area contributed by atoms with Crippen LogP contribution in [0.3, 0.4) is 0 Å². The Bertz CT molecular complexity index is 731. The Morgan fingerprint density at radius 3 is 2.87 bits per heavy atom. The van der Waals surface area contributed by atoms with Crippen LogP contribution in [-0.2, 0) is 18.9 Å². The van der Waals surface area contributed by atoms with Gasteiger partial charge in [-0.2, -0.15) is 0 Å². The van der Waals surface area contributed by atoms with Gasteiger partial charge in [-0.05, 0) is 19.9 Å². The first kappa shape index (κ1) is 14.8. The quantitative estimate of drug-likeness (QED) is 0.904. The molecule has 2 aromatic heterocycles. The molecule has 0 spiro atoms. The number of anilines is 1. The lowest BCUT2D eigenvalue weighted by molar-refractivity contribution is -0.200. The van der Waals surface area contributed by atoms with E-state index in [2.05, 4.69) is 9.97 Å². The van der Waals surface area contributed by atoms with Crippen LogP contribution in [0.25, 0.3) is 11.0 Å². The van der Waals surface area contributed by atoms with Gasteiger partial charge in [-0.1, -0.05) is 0 Å². The Morgan fingerprint density at radius 1 is 1.30 bits per heavy atom. The van der Waals surface area contributed by atoms with E-state index in [1.165, 1.54) is 6.33 Å². The highest BCUT2D eigenvalue weighted by atomic mass is 16.8. The average Bonchev–Trinajstić information content (AvgIpc) is 3.13. The first-order chi connectivity index (χ1) is 11.0. The van der Waals surface area contributed by atoms with E-state index in [1.54, 1.807) is 7.11 Å². The normalized spacial score (nSPS) is 32.5. The smallest absolute Gasteiger partial charge is 0.164 e. The molecule has 0 saturated carbocycles. The van der Waals surface area contributed by atoms with Gasteiger partial charge in [0.05, 0.1) is 12.0 Å². The maximum atomic E-state index is 6.14. The topological polar surface area (TPSA) is 93.7 Å². The molecule has 0 amide bonds. The standard InChI is InChI=1S/C15H20N4O4/c1-15(2)22-10-9(6-20-3)21-14(11(10)23-15)19-5-4-8-12(16)17-7-18-13(8)19/h4-5,7,9-11,14H,6H2,1-3H3,(H2,16,17,18)/t9-,10-,11-,14-/m1/s1. The van der Waals surface area contributed by atoms with Gasteiger partial charge in [0, 0.05) is 13.3 Å². The van der Waals surface area contributed by atoms with E-state index in [4.69, 9.17) is 24.7 Å². The summed E-state index contributed by atoms with van der Waals surface area (Å²) in [4.78, 5) is 8.35. The zero-order valence-electron chi connectivity index (χ0n) is 13.3. The summed E-state index contributed by atoms with van der Waals surface area (Å²) in [6.07, 6.45) is 2.36. The molecule has 0 unspecified atom stereocenters. The predicted molar refractivity (Wildman–Crippen MR) is 81.6 cm³/mol. The molecule has 4 atom stereocenters. The molecular weight excluding hydrogens is 300 g/mol. The zero-order chi connectivity index (χ0) is 16.2. The van der Waals surface area contributed by atoms with Crippen LogP contribution in [-0.4, -0.2) is 52.4 Å². The maximum absolute atomic E-state index is 6.14. The molecule has 0 bridgehead atoms. The Morgan fingerprint density at radius 2 is 2.09 bits per heavy atom. The van der Waals surface area contributed by atoms with Gasteiger partial charge in [-0.15, -0.1) is 0 Å². The van der Waals surface area contributed by atoms with Crippen molar-refractivity contribution >= 4 is 16.9 Å². The molecule has 124 valence electrons. The lowest BCUT2D eigenvalue weighted by Crippen LogP contribution is -2.32. The molecule has 2 N–H and O–H groups in total. The largest absolute Gasteiger partial charge is 0.383 e. The number of nitrogens with two attached hydrogens (primary N) is 1. The number of hydrogen-bond acceptors (Lipinski definition) is 7. The minimum Gasteiger partial charge on any atom is -0.383 e. The molecule has 2 aliphatic heterocycles. The van der Waals surface area contributed by atoms with Crippen molar-refractivity contribution in [1.82, 2.24) is 14.5 Å². The summed E-state index contributed by atoms with van der Waals surface area (Å²) in [6.45, 7) is 4.24. The SMILES string of the molecule is COC[C@H]1O[C@@H](n2ccc3c(N)ncnc32)[C@@H]2OC(C)(C)O[C@@H]21. The summed E-state index contributed by atoms with van der Waals surface area (Å²) >= 11 is 0. The number of aromatic nitrogens is 3. The van der Waals surface area contributed by atoms with E-state index in [0.29, 0.717) is 18.1 Å². The van der Waals surface area contributed by atoms with Gasteiger partial charge in [-0.3, -0.25) is 0 Å². The monoisotopic (exact) mass is 320 g/mol. The highest BCUT2D eigenvalue weighted by molar-refractivity contribution is 5.86. The summed E-state index contributed by atoms with van der Waals surface area (Å²) in [5.41, 5.74) is 6.63. The highest BCUT2D eigenvalue weighted by Crippen LogP contribution is 2.44. The van der Waals surface area contributed by atoms with Crippen molar-refractivity contribution in [2.24, 2.45) is 0 Å². The Hall–Kier alpha value is -1.74. The molecule has 8 nitrogen and oxygen atoms in total.